The number of ether oxygens (including phenoxy) is 1. The number of rotatable bonds is 3. The number of halogens is 1. The second kappa shape index (κ2) is 5.71. The fourth-order valence-electron chi connectivity index (χ4n) is 2.00. The molecule has 1 amide bonds. The van der Waals surface area contributed by atoms with E-state index >= 15 is 0 Å². The maximum atomic E-state index is 12.1. The third-order valence-corrected chi connectivity index (χ3v) is 3.74. The van der Waals surface area contributed by atoms with E-state index in [1.807, 2.05) is 0 Å². The van der Waals surface area contributed by atoms with E-state index in [1.54, 1.807) is 24.3 Å². The average Bonchev–Trinajstić information content (AvgIpc) is 2.40. The molecule has 19 heavy (non-hydrogen) atoms. The number of carbonyl (C=O) groups is 2. The third-order valence-electron chi connectivity index (χ3n) is 3.21. The maximum Gasteiger partial charge on any atom is 0.329 e. The number of carboxylic acids is 1. The van der Waals surface area contributed by atoms with Crippen LogP contribution in [0.2, 0.25) is 0 Å². The summed E-state index contributed by atoms with van der Waals surface area (Å²) in [6, 6.07) is 6.78. The Morgan fingerprint density at radius 2 is 1.79 bits per heavy atom. The van der Waals surface area contributed by atoms with Crippen molar-refractivity contribution in [3.63, 3.8) is 0 Å². The van der Waals surface area contributed by atoms with Crippen molar-refractivity contribution in [1.82, 2.24) is 5.32 Å². The fourth-order valence-corrected chi connectivity index (χ4v) is 2.27. The van der Waals surface area contributed by atoms with Crippen molar-refractivity contribution in [3.05, 3.63) is 34.3 Å². The van der Waals surface area contributed by atoms with E-state index in [2.05, 4.69) is 21.2 Å². The number of benzene rings is 1. The molecule has 0 aliphatic carbocycles. The fraction of sp³-hybridized carbons (Fsp3) is 0.385. The van der Waals surface area contributed by atoms with Gasteiger partial charge in [0.15, 0.2) is 0 Å². The second-order valence-electron chi connectivity index (χ2n) is 4.46. The molecule has 0 saturated carbocycles. The van der Waals surface area contributed by atoms with Gasteiger partial charge in [0.05, 0.1) is 0 Å². The van der Waals surface area contributed by atoms with Crippen LogP contribution in [-0.4, -0.2) is 35.7 Å². The molecule has 1 aromatic carbocycles. The van der Waals surface area contributed by atoms with Crippen LogP contribution in [0.5, 0.6) is 0 Å². The summed E-state index contributed by atoms with van der Waals surface area (Å²) >= 11 is 3.28. The molecule has 2 N–H and O–H groups in total. The molecule has 0 aromatic heterocycles. The summed E-state index contributed by atoms with van der Waals surface area (Å²) in [5.74, 6) is -1.39. The minimum absolute atomic E-state index is 0.282. The van der Waals surface area contributed by atoms with Gasteiger partial charge in [0, 0.05) is 36.1 Å². The van der Waals surface area contributed by atoms with E-state index in [0.29, 0.717) is 18.8 Å². The molecule has 0 unspecified atom stereocenters. The first-order valence-electron chi connectivity index (χ1n) is 5.93. The minimum Gasteiger partial charge on any atom is -0.480 e. The number of carboxylic acid groups (broad SMARTS) is 1. The topological polar surface area (TPSA) is 75.6 Å². The van der Waals surface area contributed by atoms with Crippen LogP contribution in [0.3, 0.4) is 0 Å². The lowest BCUT2D eigenvalue weighted by Crippen LogP contribution is -2.57. The Bertz CT molecular complexity index is 480. The van der Waals surface area contributed by atoms with Crippen molar-refractivity contribution in [2.45, 2.75) is 18.4 Å². The summed E-state index contributed by atoms with van der Waals surface area (Å²) in [6.07, 6.45) is 0.565. The first-order valence-corrected chi connectivity index (χ1v) is 6.72. The molecule has 102 valence electrons. The second-order valence-corrected chi connectivity index (χ2v) is 5.38. The van der Waals surface area contributed by atoms with E-state index in [9.17, 15) is 14.7 Å². The number of hydrogen-bond donors (Lipinski definition) is 2. The van der Waals surface area contributed by atoms with Gasteiger partial charge >= 0.3 is 5.97 Å². The van der Waals surface area contributed by atoms with Gasteiger partial charge in [0.25, 0.3) is 5.91 Å². The largest absolute Gasteiger partial charge is 0.480 e. The van der Waals surface area contributed by atoms with Gasteiger partial charge in [0.1, 0.15) is 5.54 Å². The van der Waals surface area contributed by atoms with Crippen LogP contribution in [0, 0.1) is 0 Å². The normalized spacial score (nSPS) is 17.7. The summed E-state index contributed by atoms with van der Waals surface area (Å²) in [6.45, 7) is 0.680. The standard InChI is InChI=1S/C13H14BrNO4/c14-10-3-1-9(2-4-10)11(16)15-13(12(17)18)5-7-19-8-6-13/h1-4H,5-8H2,(H,15,16)(H,17,18). The van der Waals surface area contributed by atoms with Crippen LogP contribution in [-0.2, 0) is 9.53 Å². The zero-order valence-corrected chi connectivity index (χ0v) is 11.8. The highest BCUT2D eigenvalue weighted by Gasteiger charge is 2.41. The van der Waals surface area contributed by atoms with Gasteiger partial charge in [-0.05, 0) is 24.3 Å². The van der Waals surface area contributed by atoms with Crippen molar-refractivity contribution >= 4 is 27.8 Å². The van der Waals surface area contributed by atoms with Crippen molar-refractivity contribution in [2.75, 3.05) is 13.2 Å². The molecule has 0 radical (unpaired) electrons. The Kier molecular flexibility index (Phi) is 4.21. The summed E-state index contributed by atoms with van der Waals surface area (Å²) in [5, 5.41) is 12.0. The highest BCUT2D eigenvalue weighted by molar-refractivity contribution is 9.10. The van der Waals surface area contributed by atoms with Crippen molar-refractivity contribution in [1.29, 1.82) is 0 Å². The van der Waals surface area contributed by atoms with Gasteiger partial charge in [-0.25, -0.2) is 4.79 Å². The van der Waals surface area contributed by atoms with E-state index in [-0.39, 0.29) is 18.7 Å². The van der Waals surface area contributed by atoms with Gasteiger partial charge < -0.3 is 15.2 Å². The summed E-state index contributed by atoms with van der Waals surface area (Å²) in [7, 11) is 0. The first kappa shape index (κ1) is 14.0. The molecule has 1 aliphatic rings. The smallest absolute Gasteiger partial charge is 0.329 e. The molecule has 0 atom stereocenters. The lowest BCUT2D eigenvalue weighted by atomic mass is 9.89. The van der Waals surface area contributed by atoms with Crippen LogP contribution >= 0.6 is 15.9 Å². The number of nitrogens with one attached hydrogen (secondary N) is 1. The monoisotopic (exact) mass is 327 g/mol. The number of amides is 1. The Morgan fingerprint density at radius 3 is 2.32 bits per heavy atom. The van der Waals surface area contributed by atoms with E-state index in [1.165, 1.54) is 0 Å². The molecule has 1 aliphatic heterocycles. The SMILES string of the molecule is O=C(NC1(C(=O)O)CCOCC1)c1ccc(Br)cc1. The highest BCUT2D eigenvalue weighted by atomic mass is 79.9. The predicted octanol–water partition coefficient (Wildman–Crippen LogP) is 1.81. The van der Waals surface area contributed by atoms with Gasteiger partial charge in [-0.15, -0.1) is 0 Å². The van der Waals surface area contributed by atoms with Crippen LogP contribution in [0.15, 0.2) is 28.7 Å². The van der Waals surface area contributed by atoms with Gasteiger partial charge in [0.2, 0.25) is 0 Å². The van der Waals surface area contributed by atoms with E-state index in [0.717, 1.165) is 4.47 Å². The highest BCUT2D eigenvalue weighted by Crippen LogP contribution is 2.22. The molecule has 1 saturated heterocycles. The maximum absolute atomic E-state index is 12.1. The van der Waals surface area contributed by atoms with Crippen molar-refractivity contribution < 1.29 is 19.4 Å². The predicted molar refractivity (Wildman–Crippen MR) is 72.0 cm³/mol. The molecule has 2 rings (SSSR count). The molecule has 1 heterocycles. The molecule has 0 spiro atoms. The molecular weight excluding hydrogens is 314 g/mol. The molecule has 1 aromatic rings. The Balaban J connectivity index is 2.15. The van der Waals surface area contributed by atoms with Crippen LogP contribution in [0.25, 0.3) is 0 Å². The summed E-state index contributed by atoms with van der Waals surface area (Å²) in [4.78, 5) is 23.5. The Labute approximate surface area is 119 Å². The Hall–Kier alpha value is -1.40. The molecule has 5 nitrogen and oxygen atoms in total. The number of aliphatic carboxylic acids is 1. The molecular formula is C13H14BrNO4. The number of carbonyl (C=O) groups excluding carboxylic acids is 1. The van der Waals surface area contributed by atoms with Crippen LogP contribution < -0.4 is 5.32 Å². The van der Waals surface area contributed by atoms with Crippen molar-refractivity contribution in [3.8, 4) is 0 Å². The zero-order valence-electron chi connectivity index (χ0n) is 10.2. The quantitative estimate of drug-likeness (QED) is 0.887. The first-order chi connectivity index (χ1) is 9.03. The average molecular weight is 328 g/mol. The third kappa shape index (κ3) is 3.13. The number of hydrogen-bond acceptors (Lipinski definition) is 3. The van der Waals surface area contributed by atoms with E-state index < -0.39 is 11.5 Å². The summed E-state index contributed by atoms with van der Waals surface area (Å²) < 4.78 is 6.02. The van der Waals surface area contributed by atoms with Gasteiger partial charge in [-0.3, -0.25) is 4.79 Å². The minimum atomic E-state index is -1.22. The van der Waals surface area contributed by atoms with Crippen LogP contribution in [0.1, 0.15) is 23.2 Å². The lowest BCUT2D eigenvalue weighted by molar-refractivity contribution is -0.148. The molecule has 6 heteroatoms. The zero-order chi connectivity index (χ0) is 13.9. The summed E-state index contributed by atoms with van der Waals surface area (Å²) in [5.41, 5.74) is -0.780. The molecule has 0 bridgehead atoms. The Morgan fingerprint density at radius 1 is 1.21 bits per heavy atom. The van der Waals surface area contributed by atoms with Crippen LogP contribution in [0.4, 0.5) is 0 Å². The molecule has 1 fully saturated rings. The van der Waals surface area contributed by atoms with Crippen molar-refractivity contribution in [2.24, 2.45) is 0 Å². The van der Waals surface area contributed by atoms with E-state index in [4.69, 9.17) is 4.74 Å². The van der Waals surface area contributed by atoms with Gasteiger partial charge in [-0.1, -0.05) is 15.9 Å². The lowest BCUT2D eigenvalue weighted by Gasteiger charge is -2.33. The van der Waals surface area contributed by atoms with Gasteiger partial charge in [-0.2, -0.15) is 0 Å².